The van der Waals surface area contributed by atoms with Crippen LogP contribution in [0.15, 0.2) is 12.3 Å². The highest BCUT2D eigenvalue weighted by Crippen LogP contribution is 2.40. The summed E-state index contributed by atoms with van der Waals surface area (Å²) < 4.78 is 1.88. The number of nitrogens with zero attached hydrogens (tertiary/aromatic N) is 2. The van der Waals surface area contributed by atoms with Crippen LogP contribution in [0.4, 0.5) is 0 Å². The first-order valence-corrected chi connectivity index (χ1v) is 5.38. The topological polar surface area (TPSA) is 38.0 Å². The van der Waals surface area contributed by atoms with Gasteiger partial charge in [0.1, 0.15) is 5.60 Å². The summed E-state index contributed by atoms with van der Waals surface area (Å²) in [6, 6.07) is 1.92. The monoisotopic (exact) mass is 194 g/mol. The smallest absolute Gasteiger partial charge is 0.104 e. The molecule has 3 nitrogen and oxygen atoms in total. The van der Waals surface area contributed by atoms with Crippen molar-refractivity contribution in [1.82, 2.24) is 9.78 Å². The maximum Gasteiger partial charge on any atom is 0.104 e. The van der Waals surface area contributed by atoms with E-state index < -0.39 is 5.60 Å². The van der Waals surface area contributed by atoms with Crippen molar-refractivity contribution in [2.75, 3.05) is 0 Å². The quantitative estimate of drug-likeness (QED) is 0.795. The summed E-state index contributed by atoms with van der Waals surface area (Å²) in [5.74, 6) is 0.727. The highest BCUT2D eigenvalue weighted by molar-refractivity contribution is 5.11. The lowest BCUT2D eigenvalue weighted by atomic mass is 9.95. The molecule has 1 heterocycles. The van der Waals surface area contributed by atoms with E-state index in [0.717, 1.165) is 24.6 Å². The van der Waals surface area contributed by atoms with E-state index in [0.29, 0.717) is 0 Å². The number of hydrogen-bond acceptors (Lipinski definition) is 2. The molecule has 1 N–H and O–H groups in total. The first-order valence-electron chi connectivity index (χ1n) is 5.38. The Hall–Kier alpha value is -0.830. The van der Waals surface area contributed by atoms with E-state index in [2.05, 4.69) is 5.10 Å². The first-order chi connectivity index (χ1) is 6.63. The van der Waals surface area contributed by atoms with Crippen LogP contribution < -0.4 is 0 Å². The molecule has 0 radical (unpaired) electrons. The van der Waals surface area contributed by atoms with Crippen molar-refractivity contribution in [3.05, 3.63) is 18.0 Å². The molecule has 1 aliphatic carbocycles. The summed E-state index contributed by atoms with van der Waals surface area (Å²) in [5, 5.41) is 14.5. The van der Waals surface area contributed by atoms with Crippen LogP contribution in [-0.2, 0) is 12.1 Å². The summed E-state index contributed by atoms with van der Waals surface area (Å²) in [5.41, 5.74) is 0.250. The second-order valence-corrected chi connectivity index (χ2v) is 4.45. The Morgan fingerprint density at radius 2 is 2.36 bits per heavy atom. The van der Waals surface area contributed by atoms with E-state index in [-0.39, 0.29) is 0 Å². The largest absolute Gasteiger partial charge is 0.384 e. The molecule has 14 heavy (non-hydrogen) atoms. The summed E-state index contributed by atoms with van der Waals surface area (Å²) in [4.78, 5) is 0. The number of aromatic nitrogens is 2. The van der Waals surface area contributed by atoms with Gasteiger partial charge in [0.15, 0.2) is 0 Å². The van der Waals surface area contributed by atoms with E-state index >= 15 is 0 Å². The SMILES string of the molecule is CCn1nccc1C(C)(O)CC1CC1. The van der Waals surface area contributed by atoms with E-state index in [4.69, 9.17) is 0 Å². The molecule has 1 fully saturated rings. The van der Waals surface area contributed by atoms with Gasteiger partial charge in [0.05, 0.1) is 5.69 Å². The van der Waals surface area contributed by atoms with Gasteiger partial charge in [0.2, 0.25) is 0 Å². The molecule has 0 bridgehead atoms. The molecule has 1 aliphatic rings. The third-order valence-electron chi connectivity index (χ3n) is 2.95. The van der Waals surface area contributed by atoms with Crippen molar-refractivity contribution in [2.45, 2.75) is 45.3 Å². The van der Waals surface area contributed by atoms with E-state index in [1.807, 2.05) is 24.6 Å². The number of aryl methyl sites for hydroxylation is 1. The van der Waals surface area contributed by atoms with Crippen LogP contribution in [0, 0.1) is 5.92 Å². The molecule has 1 unspecified atom stereocenters. The Morgan fingerprint density at radius 1 is 1.64 bits per heavy atom. The lowest BCUT2D eigenvalue weighted by Gasteiger charge is -2.24. The molecular weight excluding hydrogens is 176 g/mol. The fourth-order valence-corrected chi connectivity index (χ4v) is 2.03. The maximum absolute atomic E-state index is 10.3. The zero-order valence-electron chi connectivity index (χ0n) is 8.90. The first kappa shape index (κ1) is 9.71. The third kappa shape index (κ3) is 1.82. The van der Waals surface area contributed by atoms with Crippen LogP contribution in [0.25, 0.3) is 0 Å². The van der Waals surface area contributed by atoms with Gasteiger partial charge in [-0.2, -0.15) is 5.10 Å². The average molecular weight is 194 g/mol. The van der Waals surface area contributed by atoms with Gasteiger partial charge in [-0.25, -0.2) is 0 Å². The van der Waals surface area contributed by atoms with Crippen molar-refractivity contribution < 1.29 is 5.11 Å². The van der Waals surface area contributed by atoms with Gasteiger partial charge in [-0.3, -0.25) is 4.68 Å². The van der Waals surface area contributed by atoms with Crippen molar-refractivity contribution in [3.63, 3.8) is 0 Å². The lowest BCUT2D eigenvalue weighted by Crippen LogP contribution is -2.26. The van der Waals surface area contributed by atoms with Crippen LogP contribution >= 0.6 is 0 Å². The molecule has 0 saturated heterocycles. The van der Waals surface area contributed by atoms with Gasteiger partial charge in [0, 0.05) is 12.7 Å². The van der Waals surface area contributed by atoms with Gasteiger partial charge in [-0.15, -0.1) is 0 Å². The molecule has 1 aromatic heterocycles. The molecule has 78 valence electrons. The number of hydrogen-bond donors (Lipinski definition) is 1. The Balaban J connectivity index is 2.17. The molecule has 0 amide bonds. The standard InChI is InChI=1S/C11H18N2O/c1-3-13-10(6-7-12-13)11(2,14)8-9-4-5-9/h6-7,9,14H,3-5,8H2,1-2H3. The highest BCUT2D eigenvalue weighted by atomic mass is 16.3. The van der Waals surface area contributed by atoms with Gasteiger partial charge in [0.25, 0.3) is 0 Å². The summed E-state index contributed by atoms with van der Waals surface area (Å²) >= 11 is 0. The summed E-state index contributed by atoms with van der Waals surface area (Å²) in [7, 11) is 0. The van der Waals surface area contributed by atoms with Crippen molar-refractivity contribution in [2.24, 2.45) is 5.92 Å². The number of aliphatic hydroxyl groups is 1. The van der Waals surface area contributed by atoms with Gasteiger partial charge < -0.3 is 5.11 Å². The minimum Gasteiger partial charge on any atom is -0.384 e. The fourth-order valence-electron chi connectivity index (χ4n) is 2.03. The van der Waals surface area contributed by atoms with Crippen LogP contribution in [0.5, 0.6) is 0 Å². The predicted molar refractivity (Wildman–Crippen MR) is 54.8 cm³/mol. The molecular formula is C11H18N2O. The fraction of sp³-hybridized carbons (Fsp3) is 0.727. The molecule has 1 aromatic rings. The van der Waals surface area contributed by atoms with Crippen LogP contribution in [0.1, 0.15) is 38.8 Å². The maximum atomic E-state index is 10.3. The Bertz CT molecular complexity index is 313. The minimum atomic E-state index is -0.701. The highest BCUT2D eigenvalue weighted by Gasteiger charge is 2.34. The second-order valence-electron chi connectivity index (χ2n) is 4.45. The van der Waals surface area contributed by atoms with Crippen LogP contribution in [0.2, 0.25) is 0 Å². The summed E-state index contributed by atoms with van der Waals surface area (Å²) in [6.45, 7) is 4.77. The van der Waals surface area contributed by atoms with Crippen molar-refractivity contribution in [3.8, 4) is 0 Å². The predicted octanol–water partition coefficient (Wildman–Crippen LogP) is 1.91. The van der Waals surface area contributed by atoms with Gasteiger partial charge in [-0.1, -0.05) is 12.8 Å². The molecule has 1 saturated carbocycles. The Kier molecular flexibility index (Phi) is 2.35. The Morgan fingerprint density at radius 3 is 2.93 bits per heavy atom. The van der Waals surface area contributed by atoms with E-state index in [1.54, 1.807) is 6.20 Å². The van der Waals surface area contributed by atoms with Crippen molar-refractivity contribution >= 4 is 0 Å². The number of rotatable bonds is 4. The van der Waals surface area contributed by atoms with E-state index in [1.165, 1.54) is 12.8 Å². The molecule has 0 aliphatic heterocycles. The molecule has 2 rings (SSSR count). The van der Waals surface area contributed by atoms with Gasteiger partial charge >= 0.3 is 0 Å². The van der Waals surface area contributed by atoms with Crippen molar-refractivity contribution in [1.29, 1.82) is 0 Å². The molecule has 0 aromatic carbocycles. The molecule has 1 atom stereocenters. The van der Waals surface area contributed by atoms with E-state index in [9.17, 15) is 5.11 Å². The third-order valence-corrected chi connectivity index (χ3v) is 2.95. The lowest BCUT2D eigenvalue weighted by molar-refractivity contribution is 0.0326. The second kappa shape index (κ2) is 3.39. The molecule has 0 spiro atoms. The van der Waals surface area contributed by atoms with Gasteiger partial charge in [-0.05, 0) is 32.3 Å². The minimum absolute atomic E-state index is 0.701. The normalized spacial score (nSPS) is 20.8. The molecule has 3 heteroatoms. The zero-order chi connectivity index (χ0) is 10.2. The van der Waals surface area contributed by atoms with Crippen LogP contribution in [0.3, 0.4) is 0 Å². The zero-order valence-corrected chi connectivity index (χ0v) is 8.90. The Labute approximate surface area is 84.7 Å². The average Bonchev–Trinajstić information content (AvgIpc) is 2.80. The van der Waals surface area contributed by atoms with Crippen LogP contribution in [-0.4, -0.2) is 14.9 Å². The summed E-state index contributed by atoms with van der Waals surface area (Å²) in [6.07, 6.45) is 5.19.